The van der Waals surface area contributed by atoms with Crippen molar-refractivity contribution in [2.75, 3.05) is 7.11 Å². The van der Waals surface area contributed by atoms with E-state index in [1.807, 2.05) is 6.07 Å². The molecule has 21 heavy (non-hydrogen) atoms. The molecule has 1 aromatic carbocycles. The first-order valence-electron chi connectivity index (χ1n) is 7.81. The number of benzene rings is 1. The Morgan fingerprint density at radius 2 is 2.10 bits per heavy atom. The molecule has 0 amide bonds. The lowest BCUT2D eigenvalue weighted by atomic mass is 9.87. The summed E-state index contributed by atoms with van der Waals surface area (Å²) in [5, 5.41) is 3.52. The number of halogens is 1. The molecule has 1 aromatic rings. The molecule has 1 atom stereocenters. The number of carbonyl (C=O) groups excluding carboxylic acids is 1. The van der Waals surface area contributed by atoms with E-state index in [2.05, 4.69) is 5.32 Å². The van der Waals surface area contributed by atoms with E-state index in [1.165, 1.54) is 32.4 Å². The van der Waals surface area contributed by atoms with Gasteiger partial charge in [0.05, 0.1) is 7.11 Å². The molecular formula is C17H22FNO2. The predicted octanol–water partition coefficient (Wildman–Crippen LogP) is 3.06. The average Bonchev–Trinajstić information content (AvgIpc) is 2.89. The fraction of sp³-hybridized carbons (Fsp3) is 0.588. The van der Waals surface area contributed by atoms with Crippen molar-refractivity contribution in [3.63, 3.8) is 0 Å². The van der Waals surface area contributed by atoms with Crippen molar-refractivity contribution < 1.29 is 13.9 Å². The molecule has 1 unspecified atom stereocenters. The van der Waals surface area contributed by atoms with Crippen molar-refractivity contribution in [3.05, 3.63) is 35.1 Å². The van der Waals surface area contributed by atoms with Gasteiger partial charge in [-0.2, -0.15) is 0 Å². The van der Waals surface area contributed by atoms with Gasteiger partial charge in [-0.05, 0) is 42.9 Å². The lowest BCUT2D eigenvalue weighted by molar-refractivity contribution is -0.149. The number of nitrogens with one attached hydrogen (secondary N) is 1. The molecule has 2 aliphatic rings. The molecule has 0 saturated heterocycles. The first kappa shape index (κ1) is 14.5. The molecular weight excluding hydrogens is 269 g/mol. The van der Waals surface area contributed by atoms with Crippen molar-refractivity contribution in [2.45, 2.75) is 56.5 Å². The SMILES string of the molecule is COC(=O)C1(NC2CCCCC2)CCc2c(F)cccc21. The third-order valence-electron chi connectivity index (χ3n) is 4.92. The van der Waals surface area contributed by atoms with E-state index >= 15 is 0 Å². The molecule has 0 aromatic heterocycles. The highest BCUT2D eigenvalue weighted by molar-refractivity contribution is 5.84. The van der Waals surface area contributed by atoms with Crippen molar-refractivity contribution in [2.24, 2.45) is 0 Å². The zero-order valence-electron chi connectivity index (χ0n) is 12.5. The molecule has 1 saturated carbocycles. The minimum atomic E-state index is -0.867. The second-order valence-electron chi connectivity index (χ2n) is 6.14. The van der Waals surface area contributed by atoms with Gasteiger partial charge in [-0.25, -0.2) is 9.18 Å². The van der Waals surface area contributed by atoms with E-state index in [9.17, 15) is 9.18 Å². The molecule has 2 aliphatic carbocycles. The number of carbonyl (C=O) groups is 1. The maximum atomic E-state index is 14.0. The van der Waals surface area contributed by atoms with Crippen LogP contribution in [-0.4, -0.2) is 19.1 Å². The van der Waals surface area contributed by atoms with Crippen LogP contribution in [0.4, 0.5) is 4.39 Å². The molecule has 3 rings (SSSR count). The Morgan fingerprint density at radius 3 is 2.81 bits per heavy atom. The molecule has 114 valence electrons. The largest absolute Gasteiger partial charge is 0.467 e. The van der Waals surface area contributed by atoms with Crippen LogP contribution >= 0.6 is 0 Å². The summed E-state index contributed by atoms with van der Waals surface area (Å²) in [6, 6.07) is 5.32. The number of rotatable bonds is 3. The van der Waals surface area contributed by atoms with Gasteiger partial charge < -0.3 is 4.74 Å². The minimum absolute atomic E-state index is 0.219. The Hall–Kier alpha value is -1.42. The summed E-state index contributed by atoms with van der Waals surface area (Å²) < 4.78 is 19.1. The highest BCUT2D eigenvalue weighted by atomic mass is 19.1. The van der Waals surface area contributed by atoms with Crippen molar-refractivity contribution >= 4 is 5.97 Å². The first-order valence-corrected chi connectivity index (χ1v) is 7.81. The quantitative estimate of drug-likeness (QED) is 0.870. The standard InChI is InChI=1S/C17H22FNO2/c1-21-16(20)17(19-12-6-3-2-4-7-12)11-10-13-14(17)8-5-9-15(13)18/h5,8-9,12,19H,2-4,6-7,10-11H2,1H3. The molecule has 1 fully saturated rings. The highest BCUT2D eigenvalue weighted by Gasteiger charge is 2.48. The van der Waals surface area contributed by atoms with E-state index in [1.54, 1.807) is 6.07 Å². The summed E-state index contributed by atoms with van der Waals surface area (Å²) in [5.41, 5.74) is 0.555. The van der Waals surface area contributed by atoms with Crippen LogP contribution in [0.1, 0.15) is 49.7 Å². The first-order chi connectivity index (χ1) is 10.2. The zero-order valence-corrected chi connectivity index (χ0v) is 12.5. The normalized spacial score (nSPS) is 25.6. The van der Waals surface area contributed by atoms with Gasteiger partial charge >= 0.3 is 5.97 Å². The highest BCUT2D eigenvalue weighted by Crippen LogP contribution is 2.40. The van der Waals surface area contributed by atoms with Crippen LogP contribution in [0, 0.1) is 5.82 Å². The number of esters is 1. The average molecular weight is 291 g/mol. The smallest absolute Gasteiger partial charge is 0.330 e. The van der Waals surface area contributed by atoms with Gasteiger partial charge in [0.2, 0.25) is 0 Å². The van der Waals surface area contributed by atoms with E-state index < -0.39 is 5.54 Å². The molecule has 0 aliphatic heterocycles. The van der Waals surface area contributed by atoms with E-state index in [0.29, 0.717) is 24.4 Å². The second-order valence-corrected chi connectivity index (χ2v) is 6.14. The lowest BCUT2D eigenvalue weighted by Gasteiger charge is -2.35. The maximum absolute atomic E-state index is 14.0. The van der Waals surface area contributed by atoms with Gasteiger partial charge in [-0.1, -0.05) is 31.4 Å². The Kier molecular flexibility index (Phi) is 3.98. The molecule has 4 heteroatoms. The number of ether oxygens (including phenoxy) is 1. The van der Waals surface area contributed by atoms with Gasteiger partial charge in [0.25, 0.3) is 0 Å². The van der Waals surface area contributed by atoms with Crippen LogP contribution in [-0.2, 0) is 21.5 Å². The number of hydrogen-bond acceptors (Lipinski definition) is 3. The molecule has 1 N–H and O–H groups in total. The predicted molar refractivity (Wildman–Crippen MR) is 78.4 cm³/mol. The van der Waals surface area contributed by atoms with Crippen LogP contribution in [0.5, 0.6) is 0 Å². The van der Waals surface area contributed by atoms with Gasteiger partial charge in [0.15, 0.2) is 0 Å². The van der Waals surface area contributed by atoms with Crippen LogP contribution < -0.4 is 5.32 Å². The van der Waals surface area contributed by atoms with Crippen LogP contribution in [0.2, 0.25) is 0 Å². The monoisotopic (exact) mass is 291 g/mol. The van der Waals surface area contributed by atoms with Crippen LogP contribution in [0.15, 0.2) is 18.2 Å². The number of fused-ring (bicyclic) bond motifs is 1. The summed E-state index contributed by atoms with van der Waals surface area (Å²) >= 11 is 0. The summed E-state index contributed by atoms with van der Waals surface area (Å²) in [5.74, 6) is -0.513. The molecule has 0 bridgehead atoms. The molecule has 3 nitrogen and oxygen atoms in total. The lowest BCUT2D eigenvalue weighted by Crippen LogP contribution is -2.53. The van der Waals surface area contributed by atoms with Crippen molar-refractivity contribution in [3.8, 4) is 0 Å². The third-order valence-corrected chi connectivity index (χ3v) is 4.92. The maximum Gasteiger partial charge on any atom is 0.330 e. The van der Waals surface area contributed by atoms with Gasteiger partial charge in [-0.15, -0.1) is 0 Å². The van der Waals surface area contributed by atoms with Crippen LogP contribution in [0.3, 0.4) is 0 Å². The Balaban J connectivity index is 1.96. The van der Waals surface area contributed by atoms with Crippen LogP contribution in [0.25, 0.3) is 0 Å². The fourth-order valence-electron chi connectivity index (χ4n) is 3.85. The minimum Gasteiger partial charge on any atom is -0.467 e. The Labute approximate surface area is 124 Å². The summed E-state index contributed by atoms with van der Waals surface area (Å²) in [6.07, 6.45) is 6.93. The number of hydrogen-bond donors (Lipinski definition) is 1. The topological polar surface area (TPSA) is 38.3 Å². The Bertz CT molecular complexity index is 540. The van der Waals surface area contributed by atoms with Crippen molar-refractivity contribution in [1.29, 1.82) is 0 Å². The summed E-state index contributed by atoms with van der Waals surface area (Å²) in [7, 11) is 1.41. The molecule has 0 radical (unpaired) electrons. The second kappa shape index (κ2) is 5.76. The van der Waals surface area contributed by atoms with E-state index in [4.69, 9.17) is 4.74 Å². The number of methoxy groups -OCH3 is 1. The van der Waals surface area contributed by atoms with E-state index in [0.717, 1.165) is 18.4 Å². The van der Waals surface area contributed by atoms with Crippen molar-refractivity contribution in [1.82, 2.24) is 5.32 Å². The molecule has 0 spiro atoms. The van der Waals surface area contributed by atoms with Gasteiger partial charge in [0, 0.05) is 6.04 Å². The van der Waals surface area contributed by atoms with Gasteiger partial charge in [-0.3, -0.25) is 5.32 Å². The third kappa shape index (κ3) is 2.46. The summed E-state index contributed by atoms with van der Waals surface area (Å²) in [6.45, 7) is 0. The molecule has 0 heterocycles. The van der Waals surface area contributed by atoms with Gasteiger partial charge in [0.1, 0.15) is 11.4 Å². The summed E-state index contributed by atoms with van der Waals surface area (Å²) in [4.78, 5) is 12.5. The Morgan fingerprint density at radius 1 is 1.33 bits per heavy atom. The van der Waals surface area contributed by atoms with E-state index in [-0.39, 0.29) is 11.8 Å². The fourth-order valence-corrected chi connectivity index (χ4v) is 3.85. The zero-order chi connectivity index (χ0) is 14.9.